The van der Waals surface area contributed by atoms with Gasteiger partial charge in [0.1, 0.15) is 5.82 Å². The molecule has 0 heterocycles. The maximum Gasteiger partial charge on any atom is 0.313 e. The number of anilines is 1. The van der Waals surface area contributed by atoms with Crippen LogP contribution >= 0.6 is 0 Å². The molecule has 1 aliphatic rings. The summed E-state index contributed by atoms with van der Waals surface area (Å²) in [6.07, 6.45) is 1.65. The van der Waals surface area contributed by atoms with Crippen molar-refractivity contribution in [1.82, 2.24) is 5.32 Å². The standard InChI is InChI=1S/C18H15F3N2O2/c19-12-3-1-11(2-4-12)18(7-8-18)10-22-16(24)17(25)23-13-5-6-14(20)15(21)9-13/h1-6,9H,7-8,10H2,(H,22,24)(H,23,25). The number of hydrogen-bond donors (Lipinski definition) is 2. The molecule has 0 saturated heterocycles. The molecule has 0 unspecified atom stereocenters. The van der Waals surface area contributed by atoms with E-state index in [1.807, 2.05) is 0 Å². The highest BCUT2D eigenvalue weighted by Crippen LogP contribution is 2.47. The van der Waals surface area contributed by atoms with Gasteiger partial charge in [-0.1, -0.05) is 12.1 Å². The van der Waals surface area contributed by atoms with Crippen molar-refractivity contribution < 1.29 is 22.8 Å². The molecule has 0 atom stereocenters. The Labute approximate surface area is 142 Å². The fraction of sp³-hybridized carbons (Fsp3) is 0.222. The molecular weight excluding hydrogens is 333 g/mol. The SMILES string of the molecule is O=C(NCC1(c2ccc(F)cc2)CC1)C(=O)Nc1ccc(F)c(F)c1. The molecule has 3 rings (SSSR count). The van der Waals surface area contributed by atoms with Gasteiger partial charge in [0.2, 0.25) is 0 Å². The Kier molecular flexibility index (Phi) is 4.48. The van der Waals surface area contributed by atoms with Crippen LogP contribution in [0.15, 0.2) is 42.5 Å². The molecule has 2 aromatic carbocycles. The molecule has 130 valence electrons. The summed E-state index contributed by atoms with van der Waals surface area (Å²) in [6.45, 7) is 0.239. The topological polar surface area (TPSA) is 58.2 Å². The number of hydrogen-bond acceptors (Lipinski definition) is 2. The quantitative estimate of drug-likeness (QED) is 0.835. The number of carbonyl (C=O) groups is 2. The molecular formula is C18H15F3N2O2. The van der Waals surface area contributed by atoms with Crippen LogP contribution in [0.4, 0.5) is 18.9 Å². The lowest BCUT2D eigenvalue weighted by Gasteiger charge is -2.16. The summed E-state index contributed by atoms with van der Waals surface area (Å²) in [7, 11) is 0. The van der Waals surface area contributed by atoms with Crippen LogP contribution in [0.2, 0.25) is 0 Å². The van der Waals surface area contributed by atoms with Gasteiger partial charge in [-0.3, -0.25) is 9.59 Å². The third-order valence-corrected chi connectivity index (χ3v) is 4.28. The first kappa shape index (κ1) is 17.0. The summed E-state index contributed by atoms with van der Waals surface area (Å²) in [5.41, 5.74) is 0.597. The molecule has 4 nitrogen and oxygen atoms in total. The molecule has 0 radical (unpaired) electrons. The minimum atomic E-state index is -1.12. The summed E-state index contributed by atoms with van der Waals surface area (Å²) in [5.74, 6) is -4.35. The Hall–Kier alpha value is -2.83. The molecule has 2 N–H and O–H groups in total. The highest BCUT2D eigenvalue weighted by atomic mass is 19.2. The zero-order valence-electron chi connectivity index (χ0n) is 13.1. The van der Waals surface area contributed by atoms with E-state index in [9.17, 15) is 22.8 Å². The van der Waals surface area contributed by atoms with Gasteiger partial charge in [0.05, 0.1) is 0 Å². The van der Waals surface area contributed by atoms with E-state index in [2.05, 4.69) is 10.6 Å². The van der Waals surface area contributed by atoms with E-state index in [1.54, 1.807) is 12.1 Å². The van der Waals surface area contributed by atoms with Gasteiger partial charge in [-0.15, -0.1) is 0 Å². The second-order valence-electron chi connectivity index (χ2n) is 6.05. The first-order valence-electron chi connectivity index (χ1n) is 7.70. The smallest absolute Gasteiger partial charge is 0.313 e. The van der Waals surface area contributed by atoms with Gasteiger partial charge >= 0.3 is 11.8 Å². The highest BCUT2D eigenvalue weighted by Gasteiger charge is 2.44. The van der Waals surface area contributed by atoms with Crippen molar-refractivity contribution in [3.63, 3.8) is 0 Å². The van der Waals surface area contributed by atoms with Crippen molar-refractivity contribution in [2.75, 3.05) is 11.9 Å². The number of amides is 2. The molecule has 1 aliphatic carbocycles. The molecule has 0 spiro atoms. The second-order valence-corrected chi connectivity index (χ2v) is 6.05. The number of benzene rings is 2. The lowest BCUT2D eigenvalue weighted by molar-refractivity contribution is -0.136. The van der Waals surface area contributed by atoms with Crippen molar-refractivity contribution >= 4 is 17.5 Å². The number of carbonyl (C=O) groups excluding carboxylic acids is 2. The normalized spacial score (nSPS) is 14.7. The Morgan fingerprint density at radius 2 is 1.60 bits per heavy atom. The third kappa shape index (κ3) is 3.81. The van der Waals surface area contributed by atoms with Crippen LogP contribution in [0.25, 0.3) is 0 Å². The van der Waals surface area contributed by atoms with Crippen molar-refractivity contribution in [3.8, 4) is 0 Å². The molecule has 1 saturated carbocycles. The van der Waals surface area contributed by atoms with Gasteiger partial charge in [0, 0.05) is 23.7 Å². The largest absolute Gasteiger partial charge is 0.347 e. The minimum Gasteiger partial charge on any atom is -0.347 e. The number of rotatable bonds is 4. The first-order chi connectivity index (χ1) is 11.9. The average Bonchev–Trinajstić information content (AvgIpc) is 3.38. The van der Waals surface area contributed by atoms with Crippen LogP contribution in [0.5, 0.6) is 0 Å². The van der Waals surface area contributed by atoms with Gasteiger partial charge < -0.3 is 10.6 Å². The van der Waals surface area contributed by atoms with Crippen LogP contribution < -0.4 is 10.6 Å². The molecule has 2 amide bonds. The molecule has 25 heavy (non-hydrogen) atoms. The first-order valence-corrected chi connectivity index (χ1v) is 7.70. The summed E-state index contributed by atoms with van der Waals surface area (Å²) >= 11 is 0. The fourth-order valence-electron chi connectivity index (χ4n) is 2.61. The number of halogens is 3. The van der Waals surface area contributed by atoms with E-state index < -0.39 is 23.4 Å². The summed E-state index contributed by atoms with van der Waals surface area (Å²) in [5, 5.41) is 4.74. The average molecular weight is 348 g/mol. The van der Waals surface area contributed by atoms with E-state index in [0.29, 0.717) is 0 Å². The predicted molar refractivity (Wildman–Crippen MR) is 85.3 cm³/mol. The summed E-state index contributed by atoms with van der Waals surface area (Å²) in [6, 6.07) is 8.84. The van der Waals surface area contributed by atoms with Gasteiger partial charge in [0.15, 0.2) is 11.6 Å². The third-order valence-electron chi connectivity index (χ3n) is 4.28. The Bertz CT molecular complexity index is 818. The summed E-state index contributed by atoms with van der Waals surface area (Å²) in [4.78, 5) is 23.7. The van der Waals surface area contributed by atoms with Crippen LogP contribution in [0, 0.1) is 17.5 Å². The van der Waals surface area contributed by atoms with Crippen LogP contribution in [-0.2, 0) is 15.0 Å². The lowest BCUT2D eigenvalue weighted by atomic mass is 9.96. The Morgan fingerprint density at radius 3 is 2.20 bits per heavy atom. The number of nitrogens with one attached hydrogen (secondary N) is 2. The van der Waals surface area contributed by atoms with Crippen molar-refractivity contribution in [3.05, 3.63) is 65.5 Å². The fourth-order valence-corrected chi connectivity index (χ4v) is 2.61. The van der Waals surface area contributed by atoms with Crippen molar-refractivity contribution in [2.45, 2.75) is 18.3 Å². The predicted octanol–water partition coefficient (Wildman–Crippen LogP) is 2.89. The van der Waals surface area contributed by atoms with Crippen LogP contribution in [0.1, 0.15) is 18.4 Å². The maximum absolute atomic E-state index is 13.1. The van der Waals surface area contributed by atoms with Crippen LogP contribution in [0.3, 0.4) is 0 Å². The monoisotopic (exact) mass is 348 g/mol. The zero-order chi connectivity index (χ0) is 18.0. The van der Waals surface area contributed by atoms with E-state index in [0.717, 1.165) is 36.6 Å². The van der Waals surface area contributed by atoms with Gasteiger partial charge in [-0.25, -0.2) is 13.2 Å². The van der Waals surface area contributed by atoms with E-state index in [4.69, 9.17) is 0 Å². The van der Waals surface area contributed by atoms with E-state index in [-0.39, 0.29) is 23.5 Å². The van der Waals surface area contributed by atoms with Gasteiger partial charge in [0.25, 0.3) is 0 Å². The molecule has 7 heteroatoms. The molecule has 1 fully saturated rings. The van der Waals surface area contributed by atoms with E-state index in [1.165, 1.54) is 12.1 Å². The molecule has 2 aromatic rings. The summed E-state index contributed by atoms with van der Waals surface area (Å²) < 4.78 is 39.0. The van der Waals surface area contributed by atoms with Gasteiger partial charge in [-0.2, -0.15) is 0 Å². The van der Waals surface area contributed by atoms with E-state index >= 15 is 0 Å². The highest BCUT2D eigenvalue weighted by molar-refractivity contribution is 6.39. The van der Waals surface area contributed by atoms with Gasteiger partial charge in [-0.05, 0) is 42.7 Å². The maximum atomic E-state index is 13.1. The minimum absolute atomic E-state index is 0.0151. The van der Waals surface area contributed by atoms with Crippen LogP contribution in [-0.4, -0.2) is 18.4 Å². The lowest BCUT2D eigenvalue weighted by Crippen LogP contribution is -2.39. The zero-order valence-corrected chi connectivity index (χ0v) is 13.1. The van der Waals surface area contributed by atoms with Crippen molar-refractivity contribution in [2.24, 2.45) is 0 Å². The Morgan fingerprint density at radius 1 is 0.920 bits per heavy atom. The van der Waals surface area contributed by atoms with Crippen molar-refractivity contribution in [1.29, 1.82) is 0 Å². The second kappa shape index (κ2) is 6.58. The molecule has 0 aromatic heterocycles. The molecule has 0 aliphatic heterocycles. The molecule has 0 bridgehead atoms. The Balaban J connectivity index is 1.57.